The monoisotopic (exact) mass is 293 g/mol. The quantitative estimate of drug-likeness (QED) is 0.840. The average Bonchev–Trinajstić information content (AvgIpc) is 2.43. The normalized spacial score (nSPS) is 20.9. The van der Waals surface area contributed by atoms with Crippen LogP contribution in [0.5, 0.6) is 6.01 Å². The number of nitrogens with one attached hydrogen (secondary N) is 2. The van der Waals surface area contributed by atoms with Crippen molar-refractivity contribution in [3.8, 4) is 6.01 Å². The molecular formula is C15H27N5O. The maximum Gasteiger partial charge on any atom is 0.322 e. The van der Waals surface area contributed by atoms with Gasteiger partial charge in [0.15, 0.2) is 0 Å². The van der Waals surface area contributed by atoms with Gasteiger partial charge in [0.1, 0.15) is 0 Å². The Hall–Kier alpha value is -1.59. The molecular weight excluding hydrogens is 266 g/mol. The summed E-state index contributed by atoms with van der Waals surface area (Å²) >= 11 is 0. The van der Waals surface area contributed by atoms with Gasteiger partial charge < -0.3 is 15.4 Å². The van der Waals surface area contributed by atoms with E-state index in [1.807, 2.05) is 0 Å². The third-order valence-corrected chi connectivity index (χ3v) is 3.87. The second kappa shape index (κ2) is 6.91. The molecule has 1 saturated carbocycles. The Balaban J connectivity index is 2.07. The summed E-state index contributed by atoms with van der Waals surface area (Å²) in [7, 11) is 1.58. The highest BCUT2D eigenvalue weighted by atomic mass is 16.5. The van der Waals surface area contributed by atoms with Crippen molar-refractivity contribution in [3.05, 3.63) is 0 Å². The summed E-state index contributed by atoms with van der Waals surface area (Å²) in [5, 5.41) is 6.63. The van der Waals surface area contributed by atoms with E-state index in [4.69, 9.17) is 4.74 Å². The zero-order valence-electron chi connectivity index (χ0n) is 13.6. The zero-order valence-corrected chi connectivity index (χ0v) is 13.6. The molecule has 1 aromatic rings. The van der Waals surface area contributed by atoms with E-state index in [9.17, 15) is 0 Å². The van der Waals surface area contributed by atoms with Crippen LogP contribution in [0.4, 0.5) is 11.9 Å². The Labute approximate surface area is 127 Å². The van der Waals surface area contributed by atoms with Gasteiger partial charge in [0.2, 0.25) is 11.9 Å². The molecule has 2 N–H and O–H groups in total. The predicted molar refractivity (Wildman–Crippen MR) is 84.8 cm³/mol. The van der Waals surface area contributed by atoms with Crippen molar-refractivity contribution >= 4 is 11.9 Å². The molecule has 6 nitrogen and oxygen atoms in total. The van der Waals surface area contributed by atoms with Crippen LogP contribution in [0.3, 0.4) is 0 Å². The Morgan fingerprint density at radius 2 is 2.00 bits per heavy atom. The molecule has 2 rings (SSSR count). The number of methoxy groups -OCH3 is 1. The highest BCUT2D eigenvalue weighted by Gasteiger charge is 2.28. The maximum atomic E-state index is 5.16. The number of hydrogen-bond donors (Lipinski definition) is 2. The van der Waals surface area contributed by atoms with Crippen LogP contribution in [-0.4, -0.2) is 34.6 Å². The fraction of sp³-hybridized carbons (Fsp3) is 0.800. The molecule has 1 fully saturated rings. The molecule has 1 aliphatic carbocycles. The van der Waals surface area contributed by atoms with Gasteiger partial charge in [-0.05, 0) is 31.1 Å². The van der Waals surface area contributed by atoms with Gasteiger partial charge in [0.25, 0.3) is 0 Å². The van der Waals surface area contributed by atoms with E-state index in [-0.39, 0.29) is 0 Å². The molecule has 0 aromatic carbocycles. The average molecular weight is 293 g/mol. The van der Waals surface area contributed by atoms with Gasteiger partial charge in [-0.1, -0.05) is 27.2 Å². The standard InChI is InChI=1S/C15H27N5O/c1-5-9-16-12-18-13(20-14(19-12)21-4)17-11-7-6-8-15(2,3)10-11/h11H,5-10H2,1-4H3,(H2,16,17,18,19,20). The molecule has 1 aromatic heterocycles. The summed E-state index contributed by atoms with van der Waals surface area (Å²) < 4.78 is 5.16. The van der Waals surface area contributed by atoms with Gasteiger partial charge in [0.05, 0.1) is 7.11 Å². The summed E-state index contributed by atoms with van der Waals surface area (Å²) in [6.45, 7) is 7.59. The van der Waals surface area contributed by atoms with E-state index in [1.165, 1.54) is 12.8 Å². The lowest BCUT2D eigenvalue weighted by Crippen LogP contribution is -2.32. The van der Waals surface area contributed by atoms with Gasteiger partial charge >= 0.3 is 6.01 Å². The van der Waals surface area contributed by atoms with Gasteiger partial charge in [-0.2, -0.15) is 15.0 Å². The molecule has 6 heteroatoms. The van der Waals surface area contributed by atoms with Crippen molar-refractivity contribution in [2.75, 3.05) is 24.3 Å². The molecule has 1 heterocycles. The molecule has 0 saturated heterocycles. The van der Waals surface area contributed by atoms with E-state index >= 15 is 0 Å². The number of nitrogens with zero attached hydrogens (tertiary/aromatic N) is 3. The highest BCUT2D eigenvalue weighted by Crippen LogP contribution is 2.36. The van der Waals surface area contributed by atoms with Crippen molar-refractivity contribution in [3.63, 3.8) is 0 Å². The number of anilines is 2. The number of ether oxygens (including phenoxy) is 1. The van der Waals surface area contributed by atoms with Crippen LogP contribution in [0.2, 0.25) is 0 Å². The minimum atomic E-state index is 0.348. The van der Waals surface area contributed by atoms with Gasteiger partial charge in [-0.25, -0.2) is 0 Å². The number of hydrogen-bond acceptors (Lipinski definition) is 6. The molecule has 0 aliphatic heterocycles. The minimum Gasteiger partial charge on any atom is -0.467 e. The molecule has 0 radical (unpaired) electrons. The molecule has 1 aliphatic rings. The highest BCUT2D eigenvalue weighted by molar-refractivity contribution is 5.36. The van der Waals surface area contributed by atoms with Crippen molar-refractivity contribution in [1.29, 1.82) is 0 Å². The summed E-state index contributed by atoms with van der Waals surface area (Å²) in [6.07, 6.45) is 5.85. The molecule has 21 heavy (non-hydrogen) atoms. The van der Waals surface area contributed by atoms with Crippen LogP contribution in [0, 0.1) is 5.41 Å². The second-order valence-electron chi connectivity index (χ2n) is 6.50. The molecule has 1 unspecified atom stereocenters. The lowest BCUT2D eigenvalue weighted by atomic mass is 9.75. The van der Waals surface area contributed by atoms with Crippen molar-refractivity contribution in [2.24, 2.45) is 5.41 Å². The van der Waals surface area contributed by atoms with E-state index < -0.39 is 0 Å². The fourth-order valence-electron chi connectivity index (χ4n) is 2.83. The Kier molecular flexibility index (Phi) is 5.20. The van der Waals surface area contributed by atoms with Crippen LogP contribution in [-0.2, 0) is 0 Å². The van der Waals surface area contributed by atoms with Gasteiger partial charge in [-0.3, -0.25) is 0 Å². The second-order valence-corrected chi connectivity index (χ2v) is 6.50. The number of rotatable bonds is 6. The Bertz CT molecular complexity index is 463. The predicted octanol–water partition coefficient (Wildman–Crippen LogP) is 3.08. The van der Waals surface area contributed by atoms with E-state index in [1.54, 1.807) is 7.11 Å². The van der Waals surface area contributed by atoms with Crippen molar-refractivity contribution in [2.45, 2.75) is 58.9 Å². The SMILES string of the molecule is CCCNc1nc(NC2CCCC(C)(C)C2)nc(OC)n1. The lowest BCUT2D eigenvalue weighted by Gasteiger charge is -2.35. The molecule has 118 valence electrons. The van der Waals surface area contributed by atoms with E-state index in [0.717, 1.165) is 25.8 Å². The smallest absolute Gasteiger partial charge is 0.322 e. The lowest BCUT2D eigenvalue weighted by molar-refractivity contribution is 0.229. The third kappa shape index (κ3) is 4.72. The van der Waals surface area contributed by atoms with Crippen molar-refractivity contribution in [1.82, 2.24) is 15.0 Å². The first-order chi connectivity index (χ1) is 10.0. The van der Waals surface area contributed by atoms with Crippen LogP contribution in [0.15, 0.2) is 0 Å². The molecule has 0 amide bonds. The summed E-state index contributed by atoms with van der Waals surface area (Å²) in [5.74, 6) is 1.17. The van der Waals surface area contributed by atoms with Crippen LogP contribution >= 0.6 is 0 Å². The third-order valence-electron chi connectivity index (χ3n) is 3.87. The summed E-state index contributed by atoms with van der Waals surface area (Å²) in [6, 6.07) is 0.765. The van der Waals surface area contributed by atoms with Gasteiger partial charge in [0, 0.05) is 12.6 Å². The summed E-state index contributed by atoms with van der Waals surface area (Å²) in [4.78, 5) is 13.0. The van der Waals surface area contributed by atoms with Crippen molar-refractivity contribution < 1.29 is 4.74 Å². The molecule has 0 bridgehead atoms. The Morgan fingerprint density at radius 3 is 2.67 bits per heavy atom. The first-order valence-electron chi connectivity index (χ1n) is 7.83. The first kappa shape index (κ1) is 15.8. The van der Waals surface area contributed by atoms with Crippen LogP contribution in [0.1, 0.15) is 52.9 Å². The van der Waals surface area contributed by atoms with E-state index in [0.29, 0.717) is 29.4 Å². The summed E-state index contributed by atoms with van der Waals surface area (Å²) in [5.41, 5.74) is 0.385. The van der Waals surface area contributed by atoms with Crippen LogP contribution < -0.4 is 15.4 Å². The zero-order chi connectivity index (χ0) is 15.3. The van der Waals surface area contributed by atoms with Gasteiger partial charge in [-0.15, -0.1) is 0 Å². The molecule has 0 spiro atoms. The first-order valence-corrected chi connectivity index (χ1v) is 7.83. The number of aromatic nitrogens is 3. The molecule has 1 atom stereocenters. The maximum absolute atomic E-state index is 5.16. The fourth-order valence-corrected chi connectivity index (χ4v) is 2.83. The largest absolute Gasteiger partial charge is 0.467 e. The topological polar surface area (TPSA) is 72.0 Å². The Morgan fingerprint density at radius 1 is 1.24 bits per heavy atom. The van der Waals surface area contributed by atoms with Crippen LogP contribution in [0.25, 0.3) is 0 Å². The van der Waals surface area contributed by atoms with E-state index in [2.05, 4.69) is 46.4 Å². The minimum absolute atomic E-state index is 0.348.